The number of esters is 1. The van der Waals surface area contributed by atoms with Gasteiger partial charge >= 0.3 is 17.8 Å². The molecule has 0 aromatic heterocycles. The summed E-state index contributed by atoms with van der Waals surface area (Å²) in [4.78, 5) is 47.7. The number of halogens is 1. The molecular weight excluding hydrogens is 500 g/mol. The molecule has 3 aromatic rings. The van der Waals surface area contributed by atoms with Gasteiger partial charge in [-0.3, -0.25) is 14.4 Å². The fourth-order valence-electron chi connectivity index (χ4n) is 2.86. The van der Waals surface area contributed by atoms with Gasteiger partial charge < -0.3 is 20.1 Å². The molecule has 37 heavy (non-hydrogen) atoms. The van der Waals surface area contributed by atoms with Gasteiger partial charge in [0.25, 0.3) is 5.91 Å². The highest BCUT2D eigenvalue weighted by Gasteiger charge is 2.13. The first-order valence-corrected chi connectivity index (χ1v) is 11.4. The van der Waals surface area contributed by atoms with Crippen molar-refractivity contribution in [2.24, 2.45) is 5.10 Å². The molecule has 0 spiro atoms. The lowest BCUT2D eigenvalue weighted by Gasteiger charge is -2.08. The van der Waals surface area contributed by atoms with Crippen LogP contribution in [0.15, 0.2) is 77.9 Å². The summed E-state index contributed by atoms with van der Waals surface area (Å²) in [7, 11) is 0. The van der Waals surface area contributed by atoms with Crippen LogP contribution in [-0.4, -0.2) is 43.1 Å². The minimum atomic E-state index is -0.977. The van der Waals surface area contributed by atoms with Crippen molar-refractivity contribution in [3.8, 4) is 5.75 Å². The highest BCUT2D eigenvalue weighted by molar-refractivity contribution is 6.39. The van der Waals surface area contributed by atoms with E-state index in [1.807, 2.05) is 0 Å². The number of para-hydroxylation sites is 1. The van der Waals surface area contributed by atoms with Crippen molar-refractivity contribution < 1.29 is 28.7 Å². The van der Waals surface area contributed by atoms with Gasteiger partial charge in [0.15, 0.2) is 6.61 Å². The number of benzene rings is 3. The lowest BCUT2D eigenvalue weighted by atomic mass is 10.2. The van der Waals surface area contributed by atoms with E-state index in [1.54, 1.807) is 55.5 Å². The van der Waals surface area contributed by atoms with E-state index in [0.717, 1.165) is 0 Å². The number of rotatable bonds is 9. The van der Waals surface area contributed by atoms with Gasteiger partial charge in [0.05, 0.1) is 29.1 Å². The zero-order valence-electron chi connectivity index (χ0n) is 19.7. The van der Waals surface area contributed by atoms with Crippen LogP contribution in [0.3, 0.4) is 0 Å². The number of hydrazone groups is 1. The zero-order chi connectivity index (χ0) is 26.6. The second-order valence-corrected chi connectivity index (χ2v) is 7.74. The molecule has 3 amide bonds. The molecule has 0 fully saturated rings. The van der Waals surface area contributed by atoms with Crippen LogP contribution in [0.4, 0.5) is 11.4 Å². The number of amides is 3. The molecule has 10 nitrogen and oxygen atoms in total. The molecule has 11 heteroatoms. The predicted molar refractivity (Wildman–Crippen MR) is 139 cm³/mol. The number of ether oxygens (including phenoxy) is 2. The van der Waals surface area contributed by atoms with Crippen LogP contribution in [0.1, 0.15) is 22.8 Å². The lowest BCUT2D eigenvalue weighted by Crippen LogP contribution is -2.32. The maximum atomic E-state index is 12.0. The third-order valence-corrected chi connectivity index (χ3v) is 4.97. The van der Waals surface area contributed by atoms with E-state index < -0.39 is 17.8 Å². The Hall–Kier alpha value is -4.70. The normalized spacial score (nSPS) is 10.4. The van der Waals surface area contributed by atoms with E-state index in [0.29, 0.717) is 33.3 Å². The minimum Gasteiger partial charge on any atom is -0.484 e. The van der Waals surface area contributed by atoms with Gasteiger partial charge in [-0.2, -0.15) is 5.10 Å². The maximum absolute atomic E-state index is 12.0. The van der Waals surface area contributed by atoms with Crippen LogP contribution in [0.2, 0.25) is 5.02 Å². The van der Waals surface area contributed by atoms with Crippen LogP contribution < -0.4 is 20.8 Å². The molecule has 0 bridgehead atoms. The number of carbonyl (C=O) groups is 4. The van der Waals surface area contributed by atoms with Crippen LogP contribution >= 0.6 is 11.6 Å². The third-order valence-electron chi connectivity index (χ3n) is 4.64. The maximum Gasteiger partial charge on any atom is 0.338 e. The molecule has 0 unspecified atom stereocenters. The van der Waals surface area contributed by atoms with E-state index in [9.17, 15) is 19.2 Å². The summed E-state index contributed by atoms with van der Waals surface area (Å²) in [5.74, 6) is -2.31. The minimum absolute atomic E-state index is 0.213. The van der Waals surface area contributed by atoms with Crippen molar-refractivity contribution in [1.29, 1.82) is 0 Å². The Morgan fingerprint density at radius 1 is 0.892 bits per heavy atom. The number of anilines is 2. The Morgan fingerprint density at radius 2 is 1.59 bits per heavy atom. The van der Waals surface area contributed by atoms with Gasteiger partial charge in [-0.1, -0.05) is 23.7 Å². The molecule has 0 aliphatic rings. The third kappa shape index (κ3) is 8.48. The first-order chi connectivity index (χ1) is 17.9. The second kappa shape index (κ2) is 13.4. The van der Waals surface area contributed by atoms with Gasteiger partial charge in [0.1, 0.15) is 5.75 Å². The van der Waals surface area contributed by atoms with Gasteiger partial charge in [0, 0.05) is 5.69 Å². The number of nitrogens with one attached hydrogen (secondary N) is 3. The van der Waals surface area contributed by atoms with Gasteiger partial charge in [0.2, 0.25) is 0 Å². The molecule has 0 saturated carbocycles. The summed E-state index contributed by atoms with van der Waals surface area (Å²) in [5.41, 5.74) is 3.89. The summed E-state index contributed by atoms with van der Waals surface area (Å²) in [6.45, 7) is 1.74. The topological polar surface area (TPSA) is 135 Å². The quantitative estimate of drug-likeness (QED) is 0.170. The monoisotopic (exact) mass is 522 g/mol. The number of hydrogen-bond donors (Lipinski definition) is 3. The van der Waals surface area contributed by atoms with Crippen LogP contribution in [0, 0.1) is 0 Å². The molecule has 3 rings (SSSR count). The Kier molecular flexibility index (Phi) is 9.74. The molecule has 3 aromatic carbocycles. The summed E-state index contributed by atoms with van der Waals surface area (Å²) in [6, 6.07) is 19.3. The van der Waals surface area contributed by atoms with Gasteiger partial charge in [-0.15, -0.1) is 0 Å². The van der Waals surface area contributed by atoms with Crippen molar-refractivity contribution in [3.63, 3.8) is 0 Å². The van der Waals surface area contributed by atoms with Crippen molar-refractivity contribution >= 4 is 52.9 Å². The number of hydrogen-bond acceptors (Lipinski definition) is 7. The SMILES string of the molecule is CCOC(=O)c1ccc(NC(=O)C(=O)N/N=C\c2ccc(OCC(=O)Nc3ccccc3Cl)cc2)cc1. The van der Waals surface area contributed by atoms with Crippen molar-refractivity contribution in [1.82, 2.24) is 5.43 Å². The first kappa shape index (κ1) is 26.9. The first-order valence-electron chi connectivity index (χ1n) is 11.0. The molecule has 3 N–H and O–H groups in total. The molecule has 0 atom stereocenters. The molecule has 0 radical (unpaired) electrons. The second-order valence-electron chi connectivity index (χ2n) is 7.34. The van der Waals surface area contributed by atoms with Gasteiger partial charge in [-0.05, 0) is 73.2 Å². The van der Waals surface area contributed by atoms with E-state index in [1.165, 1.54) is 30.5 Å². The smallest absolute Gasteiger partial charge is 0.338 e. The number of carbonyl (C=O) groups excluding carboxylic acids is 4. The summed E-state index contributed by atoms with van der Waals surface area (Å²) >= 11 is 6.01. The van der Waals surface area contributed by atoms with E-state index in [2.05, 4.69) is 21.2 Å². The highest BCUT2D eigenvalue weighted by Crippen LogP contribution is 2.20. The lowest BCUT2D eigenvalue weighted by molar-refractivity contribution is -0.136. The Morgan fingerprint density at radius 3 is 2.27 bits per heavy atom. The average Bonchev–Trinajstić information content (AvgIpc) is 2.90. The van der Waals surface area contributed by atoms with Crippen LogP contribution in [0.5, 0.6) is 5.75 Å². The van der Waals surface area contributed by atoms with Gasteiger partial charge in [-0.25, -0.2) is 10.2 Å². The average molecular weight is 523 g/mol. The fraction of sp³-hybridized carbons (Fsp3) is 0.115. The van der Waals surface area contributed by atoms with Crippen molar-refractivity contribution in [3.05, 3.63) is 88.9 Å². The van der Waals surface area contributed by atoms with Crippen molar-refractivity contribution in [2.45, 2.75) is 6.92 Å². The van der Waals surface area contributed by atoms with Crippen molar-refractivity contribution in [2.75, 3.05) is 23.8 Å². The number of nitrogens with zero attached hydrogens (tertiary/aromatic N) is 1. The molecule has 0 heterocycles. The fourth-order valence-corrected chi connectivity index (χ4v) is 3.04. The Labute approximate surface area is 217 Å². The van der Waals surface area contributed by atoms with Crippen LogP contribution in [-0.2, 0) is 19.1 Å². The molecule has 0 aliphatic carbocycles. The zero-order valence-corrected chi connectivity index (χ0v) is 20.5. The summed E-state index contributed by atoms with van der Waals surface area (Å²) in [6.07, 6.45) is 1.34. The van der Waals surface area contributed by atoms with E-state index in [4.69, 9.17) is 21.1 Å². The van der Waals surface area contributed by atoms with E-state index in [-0.39, 0.29) is 19.1 Å². The predicted octanol–water partition coefficient (Wildman–Crippen LogP) is 3.62. The Balaban J connectivity index is 1.42. The molecule has 0 saturated heterocycles. The highest BCUT2D eigenvalue weighted by atomic mass is 35.5. The van der Waals surface area contributed by atoms with Crippen LogP contribution in [0.25, 0.3) is 0 Å². The summed E-state index contributed by atoms with van der Waals surface area (Å²) < 4.78 is 10.3. The largest absolute Gasteiger partial charge is 0.484 e. The molecule has 190 valence electrons. The Bertz CT molecular complexity index is 1290. The summed E-state index contributed by atoms with van der Waals surface area (Å²) in [5, 5.41) is 9.24. The van der Waals surface area contributed by atoms with E-state index >= 15 is 0 Å². The molecular formula is C26H23ClN4O6. The molecule has 0 aliphatic heterocycles. The standard InChI is InChI=1S/C26H23ClN4O6/c1-2-36-26(35)18-9-11-19(12-10-18)29-24(33)25(34)31-28-15-17-7-13-20(14-8-17)37-16-23(32)30-22-6-4-3-5-21(22)27/h3-15H,2,16H2,1H3,(H,29,33)(H,30,32)(H,31,34)/b28-15-.